The van der Waals surface area contributed by atoms with E-state index in [0.29, 0.717) is 0 Å². The lowest BCUT2D eigenvalue weighted by Gasteiger charge is -2.20. The second kappa shape index (κ2) is 5.66. The van der Waals surface area contributed by atoms with Crippen LogP contribution >= 0.6 is 0 Å². The molecule has 0 spiro atoms. The number of hydrogen-bond donors (Lipinski definition) is 1. The molecule has 106 valence electrons. The lowest BCUT2D eigenvalue weighted by atomic mass is 9.93. The van der Waals surface area contributed by atoms with Crippen LogP contribution < -0.4 is 5.32 Å². The maximum absolute atomic E-state index is 4.29. The summed E-state index contributed by atoms with van der Waals surface area (Å²) in [4.78, 5) is 4.29. The minimum absolute atomic E-state index is 0.178. The van der Waals surface area contributed by atoms with Gasteiger partial charge in [0.1, 0.15) is 0 Å². The first-order valence-corrected chi connectivity index (χ1v) is 7.28. The molecular formula is C19H20N2. The number of benzene rings is 2. The van der Waals surface area contributed by atoms with Gasteiger partial charge in [0.2, 0.25) is 0 Å². The zero-order valence-electron chi connectivity index (χ0n) is 12.7. The number of nitrogens with zero attached hydrogens (tertiary/aromatic N) is 1. The number of fused-ring (bicyclic) bond motifs is 1. The summed E-state index contributed by atoms with van der Waals surface area (Å²) in [5.74, 6) is 0. The fourth-order valence-electron chi connectivity index (χ4n) is 2.83. The highest BCUT2D eigenvalue weighted by atomic mass is 14.9. The second-order valence-electron chi connectivity index (χ2n) is 5.51. The summed E-state index contributed by atoms with van der Waals surface area (Å²) in [6.07, 6.45) is 3.80. The molecule has 1 heterocycles. The van der Waals surface area contributed by atoms with Gasteiger partial charge in [-0.2, -0.15) is 0 Å². The zero-order valence-corrected chi connectivity index (χ0v) is 12.7. The maximum Gasteiger partial charge on any atom is 0.0581 e. The first-order valence-electron chi connectivity index (χ1n) is 7.28. The van der Waals surface area contributed by atoms with Gasteiger partial charge in [-0.1, -0.05) is 36.4 Å². The van der Waals surface area contributed by atoms with Crippen molar-refractivity contribution in [3.63, 3.8) is 0 Å². The molecular weight excluding hydrogens is 256 g/mol. The van der Waals surface area contributed by atoms with Gasteiger partial charge in [-0.3, -0.25) is 4.98 Å². The van der Waals surface area contributed by atoms with E-state index in [1.807, 2.05) is 19.4 Å². The number of aryl methyl sites for hydroxylation is 2. The number of hydrogen-bond acceptors (Lipinski definition) is 2. The van der Waals surface area contributed by atoms with Gasteiger partial charge in [0.15, 0.2) is 0 Å². The molecule has 1 unspecified atom stereocenters. The van der Waals surface area contributed by atoms with Gasteiger partial charge in [0.05, 0.1) is 6.04 Å². The predicted octanol–water partition coefficient (Wildman–Crippen LogP) is 4.16. The van der Waals surface area contributed by atoms with Gasteiger partial charge < -0.3 is 5.32 Å². The Kier molecular flexibility index (Phi) is 3.72. The van der Waals surface area contributed by atoms with Crippen molar-refractivity contribution in [2.75, 3.05) is 7.05 Å². The van der Waals surface area contributed by atoms with Crippen molar-refractivity contribution in [3.05, 3.63) is 77.1 Å². The zero-order chi connectivity index (χ0) is 14.8. The van der Waals surface area contributed by atoms with Crippen molar-refractivity contribution in [1.29, 1.82) is 0 Å². The van der Waals surface area contributed by atoms with E-state index in [1.54, 1.807) is 0 Å². The van der Waals surface area contributed by atoms with Crippen molar-refractivity contribution in [2.45, 2.75) is 19.9 Å². The third-order valence-corrected chi connectivity index (χ3v) is 4.18. The van der Waals surface area contributed by atoms with Crippen molar-refractivity contribution in [2.24, 2.45) is 0 Å². The van der Waals surface area contributed by atoms with E-state index in [0.717, 1.165) is 0 Å². The van der Waals surface area contributed by atoms with Crippen molar-refractivity contribution >= 4 is 10.8 Å². The Bertz CT molecular complexity index is 772. The maximum atomic E-state index is 4.29. The third-order valence-electron chi connectivity index (χ3n) is 4.18. The van der Waals surface area contributed by atoms with Crippen molar-refractivity contribution < 1.29 is 0 Å². The molecule has 3 aromatic rings. The first kappa shape index (κ1) is 13.8. The van der Waals surface area contributed by atoms with E-state index in [1.165, 1.54) is 33.0 Å². The number of aromatic nitrogens is 1. The van der Waals surface area contributed by atoms with Gasteiger partial charge in [-0.15, -0.1) is 0 Å². The summed E-state index contributed by atoms with van der Waals surface area (Å²) in [5.41, 5.74) is 5.21. The fourth-order valence-corrected chi connectivity index (χ4v) is 2.83. The Morgan fingerprint density at radius 2 is 1.86 bits per heavy atom. The van der Waals surface area contributed by atoms with Crippen LogP contribution in [0.15, 0.2) is 54.9 Å². The molecule has 0 aliphatic heterocycles. The SMILES string of the molecule is CNC(c1ccc(C)c(C)c1)c1cccc2ccncc12. The summed E-state index contributed by atoms with van der Waals surface area (Å²) in [7, 11) is 2.01. The van der Waals surface area contributed by atoms with Crippen LogP contribution in [0.1, 0.15) is 28.3 Å². The van der Waals surface area contributed by atoms with Gasteiger partial charge >= 0.3 is 0 Å². The Hall–Kier alpha value is -2.19. The quantitative estimate of drug-likeness (QED) is 0.777. The minimum atomic E-state index is 0.178. The Balaban J connectivity index is 2.16. The monoisotopic (exact) mass is 276 g/mol. The summed E-state index contributed by atoms with van der Waals surface area (Å²) in [6, 6.07) is 15.3. The van der Waals surface area contributed by atoms with E-state index >= 15 is 0 Å². The number of nitrogens with one attached hydrogen (secondary N) is 1. The topological polar surface area (TPSA) is 24.9 Å². The normalized spacial score (nSPS) is 12.5. The molecule has 3 rings (SSSR count). The van der Waals surface area contributed by atoms with Gasteiger partial charge in [0, 0.05) is 17.8 Å². The molecule has 0 aliphatic carbocycles. The standard InChI is InChI=1S/C19H20N2/c1-13-7-8-16(11-14(13)2)19(20-3)17-6-4-5-15-9-10-21-12-18(15)17/h4-12,19-20H,1-3H3. The highest BCUT2D eigenvalue weighted by molar-refractivity contribution is 5.85. The van der Waals surface area contributed by atoms with Gasteiger partial charge in [-0.25, -0.2) is 0 Å². The predicted molar refractivity (Wildman–Crippen MR) is 88.6 cm³/mol. The summed E-state index contributed by atoms with van der Waals surface area (Å²) >= 11 is 0. The molecule has 2 heteroatoms. The van der Waals surface area contributed by atoms with Crippen LogP contribution in [0.2, 0.25) is 0 Å². The van der Waals surface area contributed by atoms with Crippen molar-refractivity contribution in [1.82, 2.24) is 10.3 Å². The molecule has 1 atom stereocenters. The lowest BCUT2D eigenvalue weighted by molar-refractivity contribution is 0.696. The van der Waals surface area contributed by atoms with E-state index < -0.39 is 0 Å². The summed E-state index contributed by atoms with van der Waals surface area (Å²) in [6.45, 7) is 4.31. The molecule has 0 bridgehead atoms. The van der Waals surface area contributed by atoms with E-state index in [9.17, 15) is 0 Å². The first-order chi connectivity index (χ1) is 10.2. The smallest absolute Gasteiger partial charge is 0.0581 e. The van der Waals surface area contributed by atoms with Crippen LogP contribution in [0.4, 0.5) is 0 Å². The minimum Gasteiger partial charge on any atom is -0.309 e. The molecule has 0 saturated carbocycles. The fraction of sp³-hybridized carbons (Fsp3) is 0.211. The highest BCUT2D eigenvalue weighted by Gasteiger charge is 2.15. The molecule has 1 aromatic heterocycles. The largest absolute Gasteiger partial charge is 0.309 e. The second-order valence-corrected chi connectivity index (χ2v) is 5.51. The van der Waals surface area contributed by atoms with E-state index in [2.05, 4.69) is 66.6 Å². The molecule has 0 radical (unpaired) electrons. The van der Waals surface area contributed by atoms with Gasteiger partial charge in [-0.05, 0) is 54.6 Å². The molecule has 2 nitrogen and oxygen atoms in total. The summed E-state index contributed by atoms with van der Waals surface area (Å²) < 4.78 is 0. The van der Waals surface area contributed by atoms with Crippen LogP contribution in [0.25, 0.3) is 10.8 Å². The van der Waals surface area contributed by atoms with E-state index in [-0.39, 0.29) is 6.04 Å². The van der Waals surface area contributed by atoms with Crippen LogP contribution in [0.3, 0.4) is 0 Å². The molecule has 0 fully saturated rings. The Morgan fingerprint density at radius 1 is 1.00 bits per heavy atom. The summed E-state index contributed by atoms with van der Waals surface area (Å²) in [5, 5.41) is 5.88. The lowest BCUT2D eigenvalue weighted by Crippen LogP contribution is -2.18. The molecule has 0 amide bonds. The molecule has 2 aromatic carbocycles. The van der Waals surface area contributed by atoms with Crippen LogP contribution in [-0.4, -0.2) is 12.0 Å². The Morgan fingerprint density at radius 3 is 2.62 bits per heavy atom. The van der Waals surface area contributed by atoms with Gasteiger partial charge in [0.25, 0.3) is 0 Å². The van der Waals surface area contributed by atoms with Crippen LogP contribution in [0, 0.1) is 13.8 Å². The number of pyridine rings is 1. The Labute approximate surface area is 125 Å². The van der Waals surface area contributed by atoms with Crippen molar-refractivity contribution in [3.8, 4) is 0 Å². The van der Waals surface area contributed by atoms with Crippen LogP contribution in [0.5, 0.6) is 0 Å². The third kappa shape index (κ3) is 2.55. The van der Waals surface area contributed by atoms with Crippen LogP contribution in [-0.2, 0) is 0 Å². The van der Waals surface area contributed by atoms with E-state index in [4.69, 9.17) is 0 Å². The molecule has 0 aliphatic rings. The number of rotatable bonds is 3. The molecule has 1 N–H and O–H groups in total. The average molecular weight is 276 g/mol. The highest BCUT2D eigenvalue weighted by Crippen LogP contribution is 2.29. The molecule has 0 saturated heterocycles. The molecule has 21 heavy (non-hydrogen) atoms. The average Bonchev–Trinajstić information content (AvgIpc) is 2.52.